The fourth-order valence-corrected chi connectivity index (χ4v) is 2.33. The van der Waals surface area contributed by atoms with Crippen molar-refractivity contribution in [1.29, 1.82) is 0 Å². The Morgan fingerprint density at radius 2 is 2.05 bits per heavy atom. The van der Waals surface area contributed by atoms with Gasteiger partial charge in [-0.3, -0.25) is 4.68 Å². The summed E-state index contributed by atoms with van der Waals surface area (Å²) in [5.41, 5.74) is 2.82. The first-order chi connectivity index (χ1) is 10.6. The molecule has 0 aliphatic rings. The first-order valence-electron chi connectivity index (χ1n) is 6.85. The molecule has 0 saturated carbocycles. The summed E-state index contributed by atoms with van der Waals surface area (Å²) < 4.78 is 13.8. The van der Waals surface area contributed by atoms with Gasteiger partial charge < -0.3 is 9.47 Å². The van der Waals surface area contributed by atoms with Gasteiger partial charge in [-0.05, 0) is 13.0 Å². The largest absolute Gasteiger partial charge is 0.494 e. The van der Waals surface area contributed by atoms with E-state index in [0.29, 0.717) is 23.4 Å². The normalized spacial score (nSPS) is 10.9. The molecule has 0 fully saturated rings. The van der Waals surface area contributed by atoms with Gasteiger partial charge in [-0.25, -0.2) is 9.31 Å². The van der Waals surface area contributed by atoms with E-state index in [1.165, 1.54) is 6.20 Å². The molecule has 3 rings (SSSR count). The van der Waals surface area contributed by atoms with Gasteiger partial charge in [-0.2, -0.15) is 10.2 Å². The molecule has 3 aromatic heterocycles. The van der Waals surface area contributed by atoms with Crippen molar-refractivity contribution >= 4 is 11.5 Å². The number of ether oxygens (including phenoxy) is 2. The van der Waals surface area contributed by atoms with Gasteiger partial charge in [0.1, 0.15) is 16.8 Å². The molecule has 0 radical (unpaired) electrons. The van der Waals surface area contributed by atoms with Crippen LogP contribution in [0.2, 0.25) is 0 Å². The van der Waals surface area contributed by atoms with E-state index >= 15 is 0 Å². The number of fused-ring (bicyclic) bond motifs is 1. The number of carbonyl (C=O) groups is 1. The molecule has 7 heteroatoms. The minimum Gasteiger partial charge on any atom is -0.494 e. The predicted octanol–water partition coefficient (Wildman–Crippen LogP) is 1.92. The smallest absolute Gasteiger partial charge is 0.342 e. The number of hydrogen-bond donors (Lipinski definition) is 0. The molecule has 0 aromatic carbocycles. The Morgan fingerprint density at radius 1 is 1.23 bits per heavy atom. The first kappa shape index (κ1) is 14.1. The number of pyridine rings is 1. The van der Waals surface area contributed by atoms with Gasteiger partial charge in [-0.15, -0.1) is 0 Å². The number of nitrogens with zero attached hydrogens (tertiary/aromatic N) is 4. The molecule has 0 unspecified atom stereocenters. The van der Waals surface area contributed by atoms with Gasteiger partial charge in [0.05, 0.1) is 26.1 Å². The molecule has 0 saturated heterocycles. The van der Waals surface area contributed by atoms with E-state index in [0.717, 1.165) is 11.1 Å². The van der Waals surface area contributed by atoms with Crippen LogP contribution in [0.1, 0.15) is 17.3 Å². The van der Waals surface area contributed by atoms with Crippen LogP contribution in [0.3, 0.4) is 0 Å². The lowest BCUT2D eigenvalue weighted by Crippen LogP contribution is -2.05. The van der Waals surface area contributed by atoms with Crippen LogP contribution in [-0.2, 0) is 11.8 Å². The molecule has 3 heterocycles. The van der Waals surface area contributed by atoms with Crippen LogP contribution in [0.25, 0.3) is 16.6 Å². The Kier molecular flexibility index (Phi) is 3.54. The molecule has 0 bridgehead atoms. The van der Waals surface area contributed by atoms with Gasteiger partial charge in [0.2, 0.25) is 0 Å². The van der Waals surface area contributed by atoms with Crippen molar-refractivity contribution in [2.45, 2.75) is 6.92 Å². The van der Waals surface area contributed by atoms with Gasteiger partial charge >= 0.3 is 5.97 Å². The molecule has 0 amide bonds. The van der Waals surface area contributed by atoms with Crippen LogP contribution in [-0.4, -0.2) is 39.1 Å². The highest BCUT2D eigenvalue weighted by Gasteiger charge is 2.19. The van der Waals surface area contributed by atoms with E-state index < -0.39 is 5.97 Å². The molecule has 0 spiro atoms. The molecule has 0 aliphatic heterocycles. The summed E-state index contributed by atoms with van der Waals surface area (Å²) >= 11 is 0. The standard InChI is InChI=1S/C15H16N4O3/c1-4-22-15(20)12-7-17-19-9-10(5-13(21-3)14(12)19)11-6-16-18(2)8-11/h5-9H,4H2,1-3H3. The maximum Gasteiger partial charge on any atom is 0.342 e. The topological polar surface area (TPSA) is 70.6 Å². The summed E-state index contributed by atoms with van der Waals surface area (Å²) in [7, 11) is 3.41. The monoisotopic (exact) mass is 300 g/mol. The lowest BCUT2D eigenvalue weighted by molar-refractivity contribution is 0.0528. The second-order valence-electron chi connectivity index (χ2n) is 4.77. The zero-order chi connectivity index (χ0) is 15.7. The minimum atomic E-state index is -0.412. The summed E-state index contributed by atoms with van der Waals surface area (Å²) in [5, 5.41) is 8.39. The number of methoxy groups -OCH3 is 1. The van der Waals surface area contributed by atoms with Crippen molar-refractivity contribution in [2.24, 2.45) is 7.05 Å². The summed E-state index contributed by atoms with van der Waals surface area (Å²) in [6, 6.07) is 1.86. The third kappa shape index (κ3) is 2.30. The summed E-state index contributed by atoms with van der Waals surface area (Å²) in [6.45, 7) is 2.08. The molecule has 0 N–H and O–H groups in total. The van der Waals surface area contributed by atoms with Crippen LogP contribution in [0.4, 0.5) is 0 Å². The van der Waals surface area contributed by atoms with E-state index in [1.807, 2.05) is 25.5 Å². The second kappa shape index (κ2) is 5.51. The van der Waals surface area contributed by atoms with E-state index in [9.17, 15) is 4.79 Å². The molecule has 7 nitrogen and oxygen atoms in total. The van der Waals surface area contributed by atoms with E-state index in [2.05, 4.69) is 10.2 Å². The van der Waals surface area contributed by atoms with Gasteiger partial charge in [0.15, 0.2) is 0 Å². The molecule has 22 heavy (non-hydrogen) atoms. The summed E-state index contributed by atoms with van der Waals surface area (Å²) in [6.07, 6.45) is 6.98. The van der Waals surface area contributed by atoms with E-state index in [-0.39, 0.29) is 0 Å². The Labute approximate surface area is 127 Å². The van der Waals surface area contributed by atoms with Crippen LogP contribution in [0.5, 0.6) is 5.75 Å². The van der Waals surface area contributed by atoms with Crippen molar-refractivity contribution in [3.8, 4) is 16.9 Å². The van der Waals surface area contributed by atoms with Crippen molar-refractivity contribution in [1.82, 2.24) is 19.4 Å². The molecule has 0 aliphatic carbocycles. The van der Waals surface area contributed by atoms with Crippen LogP contribution in [0.15, 0.2) is 30.9 Å². The molecule has 0 atom stereocenters. The fourth-order valence-electron chi connectivity index (χ4n) is 2.33. The fraction of sp³-hybridized carbons (Fsp3) is 0.267. The van der Waals surface area contributed by atoms with Crippen LogP contribution < -0.4 is 4.74 Å². The van der Waals surface area contributed by atoms with Gasteiger partial charge in [-0.1, -0.05) is 0 Å². The second-order valence-corrected chi connectivity index (χ2v) is 4.77. The van der Waals surface area contributed by atoms with Gasteiger partial charge in [0, 0.05) is 30.6 Å². The molecule has 114 valence electrons. The maximum atomic E-state index is 12.0. The number of rotatable bonds is 4. The lowest BCUT2D eigenvalue weighted by atomic mass is 10.1. The maximum absolute atomic E-state index is 12.0. The van der Waals surface area contributed by atoms with Crippen molar-refractivity contribution < 1.29 is 14.3 Å². The summed E-state index contributed by atoms with van der Waals surface area (Å²) in [4.78, 5) is 12.0. The molecule has 3 aromatic rings. The number of hydrogen-bond acceptors (Lipinski definition) is 5. The average molecular weight is 300 g/mol. The Balaban J connectivity index is 2.16. The Hall–Kier alpha value is -2.83. The van der Waals surface area contributed by atoms with Crippen molar-refractivity contribution in [2.75, 3.05) is 13.7 Å². The SMILES string of the molecule is CCOC(=O)c1cnn2cc(-c3cnn(C)c3)cc(OC)c12. The van der Waals surface area contributed by atoms with E-state index in [1.54, 1.807) is 29.4 Å². The number of aromatic nitrogens is 4. The van der Waals surface area contributed by atoms with E-state index in [4.69, 9.17) is 9.47 Å². The van der Waals surface area contributed by atoms with Crippen LogP contribution in [0, 0.1) is 0 Å². The summed E-state index contributed by atoms with van der Waals surface area (Å²) in [5.74, 6) is 0.145. The number of carbonyl (C=O) groups excluding carboxylic acids is 1. The Bertz CT molecular complexity index is 835. The third-order valence-corrected chi connectivity index (χ3v) is 3.33. The number of aryl methyl sites for hydroxylation is 1. The zero-order valence-electron chi connectivity index (χ0n) is 12.6. The van der Waals surface area contributed by atoms with Crippen LogP contribution >= 0.6 is 0 Å². The van der Waals surface area contributed by atoms with Gasteiger partial charge in [0.25, 0.3) is 0 Å². The number of esters is 1. The minimum absolute atomic E-state index is 0.312. The average Bonchev–Trinajstić information content (AvgIpc) is 3.12. The first-order valence-corrected chi connectivity index (χ1v) is 6.85. The zero-order valence-corrected chi connectivity index (χ0v) is 12.6. The highest BCUT2D eigenvalue weighted by Crippen LogP contribution is 2.30. The molecular weight excluding hydrogens is 284 g/mol. The lowest BCUT2D eigenvalue weighted by Gasteiger charge is -2.08. The van der Waals surface area contributed by atoms with Crippen molar-refractivity contribution in [3.63, 3.8) is 0 Å². The third-order valence-electron chi connectivity index (χ3n) is 3.33. The molecular formula is C15H16N4O3. The Morgan fingerprint density at radius 3 is 2.68 bits per heavy atom. The highest BCUT2D eigenvalue weighted by atomic mass is 16.5. The van der Waals surface area contributed by atoms with Crippen molar-refractivity contribution in [3.05, 3.63) is 36.4 Å². The quantitative estimate of drug-likeness (QED) is 0.688. The predicted molar refractivity (Wildman–Crippen MR) is 79.9 cm³/mol. The highest BCUT2D eigenvalue weighted by molar-refractivity contribution is 5.99.